The average Bonchev–Trinajstić information content (AvgIpc) is 3.26. The molecule has 0 unspecified atom stereocenters. The Kier molecular flexibility index (Phi) is 6.02. The number of nitrogens with one attached hydrogen (secondary N) is 1. The number of hydrogen-bond acceptors (Lipinski definition) is 5. The zero-order valence-electron chi connectivity index (χ0n) is 14.9. The molecular formula is C19H28N4O2. The van der Waals surface area contributed by atoms with Crippen molar-refractivity contribution in [2.45, 2.75) is 51.5 Å². The smallest absolute Gasteiger partial charge is 0.331 e. The summed E-state index contributed by atoms with van der Waals surface area (Å²) in [6.07, 6.45) is 13.0. The molecule has 3 rings (SSSR count). The second kappa shape index (κ2) is 8.43. The van der Waals surface area contributed by atoms with E-state index >= 15 is 0 Å². The molecule has 1 atom stereocenters. The van der Waals surface area contributed by atoms with Crippen molar-refractivity contribution in [2.24, 2.45) is 5.92 Å². The van der Waals surface area contributed by atoms with Crippen LogP contribution in [-0.4, -0.2) is 51.6 Å². The Morgan fingerprint density at radius 3 is 2.80 bits per heavy atom. The molecule has 136 valence electrons. The van der Waals surface area contributed by atoms with E-state index < -0.39 is 5.97 Å². The molecule has 2 heterocycles. The Hall–Kier alpha value is -1.95. The topological polar surface area (TPSA) is 78.4 Å². The highest BCUT2D eigenvalue weighted by atomic mass is 16.4. The quantitative estimate of drug-likeness (QED) is 0.740. The fourth-order valence-electron chi connectivity index (χ4n) is 3.80. The van der Waals surface area contributed by atoms with Crippen molar-refractivity contribution in [1.29, 1.82) is 0 Å². The first-order valence-electron chi connectivity index (χ1n) is 9.32. The van der Waals surface area contributed by atoms with Gasteiger partial charge in [-0.15, -0.1) is 0 Å². The van der Waals surface area contributed by atoms with Crippen molar-refractivity contribution < 1.29 is 9.90 Å². The van der Waals surface area contributed by atoms with Crippen molar-refractivity contribution in [3.05, 3.63) is 23.7 Å². The van der Waals surface area contributed by atoms with Crippen LogP contribution < -0.4 is 5.32 Å². The number of carboxylic acid groups (broad SMARTS) is 1. The van der Waals surface area contributed by atoms with Gasteiger partial charge in [0, 0.05) is 24.7 Å². The van der Waals surface area contributed by atoms with E-state index in [0.29, 0.717) is 11.7 Å². The minimum atomic E-state index is -0.937. The molecule has 25 heavy (non-hydrogen) atoms. The molecule has 0 amide bonds. The molecule has 6 heteroatoms. The number of anilines is 1. The normalized spacial score (nSPS) is 22.4. The van der Waals surface area contributed by atoms with E-state index in [0.717, 1.165) is 31.2 Å². The highest BCUT2D eigenvalue weighted by molar-refractivity contribution is 5.91. The minimum Gasteiger partial charge on any atom is -0.478 e. The van der Waals surface area contributed by atoms with Crippen LogP contribution in [0.3, 0.4) is 0 Å². The van der Waals surface area contributed by atoms with E-state index in [1.807, 2.05) is 0 Å². The highest BCUT2D eigenvalue weighted by Crippen LogP contribution is 2.28. The lowest BCUT2D eigenvalue weighted by molar-refractivity contribution is -0.132. The van der Waals surface area contributed by atoms with Gasteiger partial charge in [0.15, 0.2) is 0 Å². The van der Waals surface area contributed by atoms with Gasteiger partial charge < -0.3 is 15.3 Å². The molecule has 1 aliphatic carbocycles. The molecule has 0 aromatic carbocycles. The van der Waals surface area contributed by atoms with Gasteiger partial charge in [0.25, 0.3) is 0 Å². The van der Waals surface area contributed by atoms with Gasteiger partial charge in [0.05, 0.1) is 18.1 Å². The summed E-state index contributed by atoms with van der Waals surface area (Å²) < 4.78 is 0. The summed E-state index contributed by atoms with van der Waals surface area (Å²) in [5.74, 6) is 0.771. The van der Waals surface area contributed by atoms with E-state index in [4.69, 9.17) is 5.11 Å². The van der Waals surface area contributed by atoms with Gasteiger partial charge in [-0.05, 0) is 38.3 Å². The van der Waals surface area contributed by atoms with Crippen molar-refractivity contribution in [1.82, 2.24) is 14.9 Å². The molecule has 2 aliphatic rings. The van der Waals surface area contributed by atoms with E-state index in [-0.39, 0.29) is 5.57 Å². The summed E-state index contributed by atoms with van der Waals surface area (Å²) in [6, 6.07) is 0.417. The Balaban J connectivity index is 1.45. The lowest BCUT2D eigenvalue weighted by Crippen LogP contribution is -2.28. The van der Waals surface area contributed by atoms with Gasteiger partial charge in [0.2, 0.25) is 0 Å². The Bertz CT molecular complexity index is 608. The molecule has 0 radical (unpaired) electrons. The summed E-state index contributed by atoms with van der Waals surface area (Å²) in [7, 11) is 0. The molecule has 0 bridgehead atoms. The van der Waals surface area contributed by atoms with Crippen LogP contribution >= 0.6 is 0 Å². The molecular weight excluding hydrogens is 316 g/mol. The molecule has 0 spiro atoms. The SMILES string of the molecule is C/C(=C\c1cnc(N[C@@H]2CCN(CCC3CCCC3)C2)cn1)C(=O)O. The zero-order valence-corrected chi connectivity index (χ0v) is 14.9. The number of rotatable bonds is 7. The second-order valence-corrected chi connectivity index (χ2v) is 7.33. The van der Waals surface area contributed by atoms with Crippen molar-refractivity contribution in [3.8, 4) is 0 Å². The Morgan fingerprint density at radius 1 is 1.32 bits per heavy atom. The van der Waals surface area contributed by atoms with Gasteiger partial charge in [-0.3, -0.25) is 4.98 Å². The fraction of sp³-hybridized carbons (Fsp3) is 0.632. The van der Waals surface area contributed by atoms with Crippen LogP contribution in [0.25, 0.3) is 6.08 Å². The molecule has 1 aromatic rings. The van der Waals surface area contributed by atoms with Crippen LogP contribution in [0.5, 0.6) is 0 Å². The minimum absolute atomic E-state index is 0.253. The van der Waals surface area contributed by atoms with E-state index in [2.05, 4.69) is 20.2 Å². The van der Waals surface area contributed by atoms with Gasteiger partial charge in [-0.25, -0.2) is 9.78 Å². The molecule has 1 aromatic heterocycles. The monoisotopic (exact) mass is 344 g/mol. The van der Waals surface area contributed by atoms with E-state index in [1.165, 1.54) is 44.7 Å². The van der Waals surface area contributed by atoms with Crippen LogP contribution in [0, 0.1) is 5.92 Å². The number of carboxylic acids is 1. The predicted molar refractivity (Wildman–Crippen MR) is 98.4 cm³/mol. The number of likely N-dealkylation sites (tertiary alicyclic amines) is 1. The lowest BCUT2D eigenvalue weighted by atomic mass is 10.0. The fourth-order valence-corrected chi connectivity index (χ4v) is 3.80. The van der Waals surface area contributed by atoms with Gasteiger partial charge in [-0.1, -0.05) is 25.7 Å². The second-order valence-electron chi connectivity index (χ2n) is 7.33. The van der Waals surface area contributed by atoms with Gasteiger partial charge >= 0.3 is 5.97 Å². The van der Waals surface area contributed by atoms with Crippen LogP contribution in [-0.2, 0) is 4.79 Å². The summed E-state index contributed by atoms with van der Waals surface area (Å²) in [5, 5.41) is 12.3. The lowest BCUT2D eigenvalue weighted by Gasteiger charge is -2.19. The molecule has 2 N–H and O–H groups in total. The molecule has 1 saturated carbocycles. The summed E-state index contributed by atoms with van der Waals surface area (Å²) in [6.45, 7) is 4.98. The Morgan fingerprint density at radius 2 is 2.12 bits per heavy atom. The maximum absolute atomic E-state index is 10.8. The summed E-state index contributed by atoms with van der Waals surface area (Å²) in [4.78, 5) is 22.0. The maximum Gasteiger partial charge on any atom is 0.331 e. The summed E-state index contributed by atoms with van der Waals surface area (Å²) in [5.41, 5.74) is 0.818. The number of hydrogen-bond donors (Lipinski definition) is 2. The van der Waals surface area contributed by atoms with Gasteiger partial charge in [0.1, 0.15) is 5.82 Å². The first-order valence-corrected chi connectivity index (χ1v) is 9.32. The van der Waals surface area contributed by atoms with Crippen molar-refractivity contribution >= 4 is 17.9 Å². The molecule has 1 saturated heterocycles. The molecule has 2 fully saturated rings. The third-order valence-electron chi connectivity index (χ3n) is 5.33. The number of nitrogens with zero attached hydrogens (tertiary/aromatic N) is 3. The predicted octanol–water partition coefficient (Wildman–Crippen LogP) is 3.03. The van der Waals surface area contributed by atoms with Crippen LogP contribution in [0.1, 0.15) is 51.1 Å². The van der Waals surface area contributed by atoms with Crippen molar-refractivity contribution in [2.75, 3.05) is 25.0 Å². The third kappa shape index (κ3) is 5.26. The maximum atomic E-state index is 10.8. The number of aliphatic carboxylic acids is 1. The average molecular weight is 344 g/mol. The number of carbonyl (C=O) groups is 1. The highest BCUT2D eigenvalue weighted by Gasteiger charge is 2.24. The largest absolute Gasteiger partial charge is 0.478 e. The molecule has 6 nitrogen and oxygen atoms in total. The van der Waals surface area contributed by atoms with E-state index in [1.54, 1.807) is 19.3 Å². The van der Waals surface area contributed by atoms with E-state index in [9.17, 15) is 4.79 Å². The third-order valence-corrected chi connectivity index (χ3v) is 5.33. The summed E-state index contributed by atoms with van der Waals surface area (Å²) >= 11 is 0. The van der Waals surface area contributed by atoms with Crippen LogP contribution in [0.4, 0.5) is 5.82 Å². The standard InChI is InChI=1S/C19H28N4O2/c1-14(19(24)25)10-17-11-21-18(12-20-17)22-16-7-9-23(13-16)8-6-15-4-2-3-5-15/h10-12,15-16H,2-9,13H2,1H3,(H,21,22)(H,24,25)/b14-10+/t16-/m1/s1. The first kappa shape index (κ1) is 17.9. The Labute approximate surface area is 149 Å². The van der Waals surface area contributed by atoms with Gasteiger partial charge in [-0.2, -0.15) is 0 Å². The molecule has 1 aliphatic heterocycles. The first-order chi connectivity index (χ1) is 12.1. The van der Waals surface area contributed by atoms with Crippen LogP contribution in [0.2, 0.25) is 0 Å². The number of aromatic nitrogens is 2. The van der Waals surface area contributed by atoms with Crippen LogP contribution in [0.15, 0.2) is 18.0 Å². The van der Waals surface area contributed by atoms with Crippen molar-refractivity contribution in [3.63, 3.8) is 0 Å². The zero-order chi connectivity index (χ0) is 17.6.